The molecule has 2 unspecified atom stereocenters. The molecule has 0 spiro atoms. The summed E-state index contributed by atoms with van der Waals surface area (Å²) in [7, 11) is 1.31. The van der Waals surface area contributed by atoms with E-state index in [9.17, 15) is 18.3 Å². The van der Waals surface area contributed by atoms with Crippen molar-refractivity contribution in [1.29, 1.82) is 0 Å². The van der Waals surface area contributed by atoms with Crippen molar-refractivity contribution >= 4 is 0 Å². The number of aliphatic hydroxyl groups is 1. The first-order valence-corrected chi connectivity index (χ1v) is 7.14. The van der Waals surface area contributed by atoms with E-state index >= 15 is 0 Å². The number of fused-ring (bicyclic) bond motifs is 2. The van der Waals surface area contributed by atoms with Crippen LogP contribution in [0.15, 0.2) is 18.2 Å². The van der Waals surface area contributed by atoms with Gasteiger partial charge in [0, 0.05) is 17.6 Å². The molecule has 4 nitrogen and oxygen atoms in total. The Morgan fingerprint density at radius 1 is 1.27 bits per heavy atom. The molecule has 122 valence electrons. The minimum atomic E-state index is -4.44. The van der Waals surface area contributed by atoms with Gasteiger partial charge in [0.05, 0.1) is 31.5 Å². The summed E-state index contributed by atoms with van der Waals surface area (Å²) in [5.74, 6) is 0.0678. The van der Waals surface area contributed by atoms with E-state index in [0.29, 0.717) is 31.6 Å². The highest BCUT2D eigenvalue weighted by atomic mass is 19.4. The second-order valence-electron chi connectivity index (χ2n) is 5.95. The van der Waals surface area contributed by atoms with Crippen LogP contribution in [-0.2, 0) is 16.5 Å². The Bertz CT molecular complexity index is 549. The van der Waals surface area contributed by atoms with Gasteiger partial charge in [-0.25, -0.2) is 0 Å². The van der Waals surface area contributed by atoms with Gasteiger partial charge < -0.3 is 19.9 Å². The molecular weight excluding hydrogens is 299 g/mol. The van der Waals surface area contributed by atoms with Crippen molar-refractivity contribution in [2.24, 2.45) is 0 Å². The minimum absolute atomic E-state index is 0.00972. The van der Waals surface area contributed by atoms with Crippen molar-refractivity contribution < 1.29 is 27.8 Å². The fraction of sp³-hybridized carbons (Fsp3) is 0.600. The van der Waals surface area contributed by atoms with Crippen LogP contribution < -0.4 is 10.1 Å². The van der Waals surface area contributed by atoms with Gasteiger partial charge in [-0.2, -0.15) is 13.2 Å². The molecule has 2 atom stereocenters. The molecule has 3 rings (SSSR count). The fourth-order valence-electron chi connectivity index (χ4n) is 3.39. The number of piperidine rings is 1. The highest BCUT2D eigenvalue weighted by molar-refractivity contribution is 5.43. The van der Waals surface area contributed by atoms with Gasteiger partial charge in [-0.3, -0.25) is 0 Å². The van der Waals surface area contributed by atoms with Crippen LogP contribution in [0.3, 0.4) is 0 Å². The van der Waals surface area contributed by atoms with E-state index in [-0.39, 0.29) is 17.8 Å². The third-order valence-electron chi connectivity index (χ3n) is 4.31. The van der Waals surface area contributed by atoms with E-state index in [1.807, 2.05) is 0 Å². The lowest BCUT2D eigenvalue weighted by Gasteiger charge is -2.45. The van der Waals surface area contributed by atoms with Gasteiger partial charge in [-0.15, -0.1) is 0 Å². The number of hydrogen-bond acceptors (Lipinski definition) is 4. The summed E-state index contributed by atoms with van der Waals surface area (Å²) in [6.07, 6.45) is -3.68. The lowest BCUT2D eigenvalue weighted by Crippen LogP contribution is -2.58. The molecule has 1 aromatic rings. The number of nitrogens with one attached hydrogen (secondary N) is 1. The summed E-state index contributed by atoms with van der Waals surface area (Å²) < 4.78 is 49.0. The number of benzene rings is 1. The van der Waals surface area contributed by atoms with Gasteiger partial charge in [0.2, 0.25) is 0 Å². The first-order valence-electron chi connectivity index (χ1n) is 7.14. The molecule has 2 heterocycles. The van der Waals surface area contributed by atoms with Crippen LogP contribution in [0.5, 0.6) is 5.75 Å². The van der Waals surface area contributed by atoms with Crippen molar-refractivity contribution in [3.05, 3.63) is 29.3 Å². The maximum absolute atomic E-state index is 12.8. The number of methoxy groups -OCH3 is 1. The largest absolute Gasteiger partial charge is 0.496 e. The monoisotopic (exact) mass is 317 g/mol. The van der Waals surface area contributed by atoms with Crippen molar-refractivity contribution in [1.82, 2.24) is 5.32 Å². The predicted octanol–water partition coefficient (Wildman–Crippen LogP) is 2.05. The molecule has 1 aromatic carbocycles. The molecule has 2 bridgehead atoms. The molecule has 0 amide bonds. The zero-order valence-corrected chi connectivity index (χ0v) is 12.1. The molecule has 0 aliphatic carbocycles. The summed E-state index contributed by atoms with van der Waals surface area (Å²) in [5, 5.41) is 14.3. The van der Waals surface area contributed by atoms with Crippen LogP contribution in [0.4, 0.5) is 13.2 Å². The topological polar surface area (TPSA) is 50.7 Å². The SMILES string of the molecule is COc1cc(C(F)(F)F)ccc1C1(O)CC2COCC(C1)N2. The van der Waals surface area contributed by atoms with Crippen LogP contribution in [0.2, 0.25) is 0 Å². The standard InChI is InChI=1S/C15H18F3NO3/c1-21-13-4-9(15(16,17)18)2-3-12(13)14(20)5-10-7-22-8-11(6-14)19-10/h2-4,10-11,19-20H,5-8H2,1H3. The molecule has 2 N–H and O–H groups in total. The molecule has 2 saturated heterocycles. The Hall–Kier alpha value is -1.31. The van der Waals surface area contributed by atoms with Gasteiger partial charge in [0.25, 0.3) is 0 Å². The Labute approximate surface area is 126 Å². The third kappa shape index (κ3) is 2.80. The lowest BCUT2D eigenvalue weighted by molar-refractivity contribution is -0.137. The van der Waals surface area contributed by atoms with Gasteiger partial charge in [-0.1, -0.05) is 6.07 Å². The Kier molecular flexibility index (Phi) is 3.82. The quantitative estimate of drug-likeness (QED) is 0.877. The smallest absolute Gasteiger partial charge is 0.416 e. The van der Waals surface area contributed by atoms with E-state index in [2.05, 4.69) is 5.32 Å². The first-order chi connectivity index (χ1) is 10.3. The van der Waals surface area contributed by atoms with E-state index < -0.39 is 17.3 Å². The van der Waals surface area contributed by atoms with Gasteiger partial charge >= 0.3 is 6.18 Å². The highest BCUT2D eigenvalue weighted by Crippen LogP contribution is 2.42. The van der Waals surface area contributed by atoms with E-state index in [0.717, 1.165) is 12.1 Å². The Balaban J connectivity index is 1.96. The van der Waals surface area contributed by atoms with Gasteiger partial charge in [0.1, 0.15) is 5.75 Å². The van der Waals surface area contributed by atoms with Crippen LogP contribution in [0.25, 0.3) is 0 Å². The number of morpholine rings is 1. The highest BCUT2D eigenvalue weighted by Gasteiger charge is 2.44. The second kappa shape index (κ2) is 5.40. The zero-order valence-electron chi connectivity index (χ0n) is 12.1. The number of alkyl halides is 3. The molecule has 22 heavy (non-hydrogen) atoms. The van der Waals surface area contributed by atoms with Crippen LogP contribution >= 0.6 is 0 Å². The average Bonchev–Trinajstić information content (AvgIpc) is 2.45. The fourth-order valence-corrected chi connectivity index (χ4v) is 3.39. The van der Waals surface area contributed by atoms with E-state index in [1.54, 1.807) is 0 Å². The average molecular weight is 317 g/mol. The number of rotatable bonds is 2. The maximum atomic E-state index is 12.8. The maximum Gasteiger partial charge on any atom is 0.416 e. The van der Waals surface area contributed by atoms with Crippen molar-refractivity contribution in [3.8, 4) is 5.75 Å². The minimum Gasteiger partial charge on any atom is -0.496 e. The summed E-state index contributed by atoms with van der Waals surface area (Å²) in [4.78, 5) is 0. The molecule has 2 aliphatic rings. The summed E-state index contributed by atoms with van der Waals surface area (Å²) >= 11 is 0. The predicted molar refractivity (Wildman–Crippen MR) is 72.7 cm³/mol. The van der Waals surface area contributed by atoms with Crippen molar-refractivity contribution in [3.63, 3.8) is 0 Å². The normalized spacial score (nSPS) is 31.9. The molecule has 0 saturated carbocycles. The molecule has 7 heteroatoms. The van der Waals surface area contributed by atoms with Crippen LogP contribution in [0.1, 0.15) is 24.0 Å². The first kappa shape index (κ1) is 15.6. The Morgan fingerprint density at radius 2 is 1.91 bits per heavy atom. The molecule has 0 aromatic heterocycles. The second-order valence-corrected chi connectivity index (χ2v) is 5.95. The molecule has 0 radical (unpaired) electrons. The molecule has 2 aliphatic heterocycles. The number of hydrogen-bond donors (Lipinski definition) is 2. The summed E-state index contributed by atoms with van der Waals surface area (Å²) in [5.41, 5.74) is -1.59. The third-order valence-corrected chi connectivity index (χ3v) is 4.31. The number of halogens is 3. The Morgan fingerprint density at radius 3 is 2.45 bits per heavy atom. The number of ether oxygens (including phenoxy) is 2. The van der Waals surface area contributed by atoms with Crippen molar-refractivity contribution in [2.75, 3.05) is 20.3 Å². The zero-order chi connectivity index (χ0) is 16.0. The van der Waals surface area contributed by atoms with Crippen LogP contribution in [-0.4, -0.2) is 37.5 Å². The van der Waals surface area contributed by atoms with E-state index in [4.69, 9.17) is 9.47 Å². The van der Waals surface area contributed by atoms with Crippen LogP contribution in [0, 0.1) is 0 Å². The van der Waals surface area contributed by atoms with Crippen molar-refractivity contribution in [2.45, 2.75) is 36.7 Å². The van der Waals surface area contributed by atoms with E-state index in [1.165, 1.54) is 13.2 Å². The lowest BCUT2D eigenvalue weighted by atomic mass is 9.77. The summed E-state index contributed by atoms with van der Waals surface area (Å²) in [6.45, 7) is 0.976. The van der Waals surface area contributed by atoms with Gasteiger partial charge in [-0.05, 0) is 25.0 Å². The molecule has 2 fully saturated rings. The van der Waals surface area contributed by atoms with Gasteiger partial charge in [0.15, 0.2) is 0 Å². The summed E-state index contributed by atoms with van der Waals surface area (Å²) in [6, 6.07) is 3.24. The molecular formula is C15H18F3NO3.